The molecule has 0 unspecified atom stereocenters. The number of esters is 2. The van der Waals surface area contributed by atoms with E-state index >= 15 is 0 Å². The van der Waals surface area contributed by atoms with Gasteiger partial charge in [0, 0.05) is 18.4 Å². The van der Waals surface area contributed by atoms with Gasteiger partial charge in [0.15, 0.2) is 5.54 Å². The monoisotopic (exact) mass is 360 g/mol. The van der Waals surface area contributed by atoms with Crippen LogP contribution in [0.3, 0.4) is 0 Å². The third-order valence-corrected chi connectivity index (χ3v) is 4.71. The van der Waals surface area contributed by atoms with E-state index in [2.05, 4.69) is 5.32 Å². The largest absolute Gasteiger partial charge is 0.493 e. The Morgan fingerprint density at radius 1 is 1.23 bits per heavy atom. The fourth-order valence-electron chi connectivity index (χ4n) is 3.42. The molecule has 26 heavy (non-hydrogen) atoms. The van der Waals surface area contributed by atoms with Crippen LogP contribution in [-0.2, 0) is 29.4 Å². The molecular weight excluding hydrogens is 344 g/mol. The molecule has 0 aromatic heterocycles. The molecule has 3 aliphatic heterocycles. The van der Waals surface area contributed by atoms with Crippen molar-refractivity contribution in [2.24, 2.45) is 0 Å². The fourth-order valence-corrected chi connectivity index (χ4v) is 3.42. The number of ether oxygens (including phenoxy) is 3. The number of imide groups is 1. The van der Waals surface area contributed by atoms with Crippen LogP contribution in [0.2, 0.25) is 0 Å². The number of hydrogen-bond donors (Lipinski definition) is 1. The van der Waals surface area contributed by atoms with E-state index in [-0.39, 0.29) is 26.1 Å². The maximum atomic E-state index is 13.0. The molecule has 4 rings (SSSR count). The average Bonchev–Trinajstić information content (AvgIpc) is 3.12. The van der Waals surface area contributed by atoms with Gasteiger partial charge >= 0.3 is 18.0 Å². The van der Waals surface area contributed by atoms with Crippen LogP contribution < -0.4 is 10.1 Å². The fraction of sp³-hybridized carbons (Fsp3) is 0.412. The molecule has 0 radical (unpaired) electrons. The van der Waals surface area contributed by atoms with Gasteiger partial charge in [-0.15, -0.1) is 0 Å². The third kappa shape index (κ3) is 2.47. The summed E-state index contributed by atoms with van der Waals surface area (Å²) in [4.78, 5) is 49.6. The van der Waals surface area contributed by atoms with E-state index in [1.807, 2.05) is 0 Å². The molecule has 3 heterocycles. The summed E-state index contributed by atoms with van der Waals surface area (Å²) in [5.74, 6) is -1.48. The zero-order valence-electron chi connectivity index (χ0n) is 13.7. The summed E-state index contributed by atoms with van der Waals surface area (Å²) in [6.45, 7) is -0.131. The molecule has 9 nitrogen and oxygen atoms in total. The Hall–Kier alpha value is -3.10. The van der Waals surface area contributed by atoms with Crippen molar-refractivity contribution >= 4 is 23.9 Å². The van der Waals surface area contributed by atoms with Crippen LogP contribution in [0.1, 0.15) is 18.4 Å². The molecule has 0 saturated carbocycles. The summed E-state index contributed by atoms with van der Waals surface area (Å²) >= 11 is 0. The number of urea groups is 1. The van der Waals surface area contributed by atoms with E-state index in [1.54, 1.807) is 24.3 Å². The van der Waals surface area contributed by atoms with Crippen molar-refractivity contribution in [2.45, 2.75) is 24.5 Å². The standard InChI is InChI=1S/C17H16N2O7/c20-13(26-12-5-7-25-14(12)21)9-19-15(22)17(18-16(19)23)6-8-24-11-4-2-1-3-10(11)17/h1-4,12H,5-9H2,(H,18,23)/t12-,17+/m0/s1. The van der Waals surface area contributed by atoms with Crippen molar-refractivity contribution in [1.82, 2.24) is 10.2 Å². The van der Waals surface area contributed by atoms with E-state index in [4.69, 9.17) is 14.2 Å². The van der Waals surface area contributed by atoms with Gasteiger partial charge in [0.1, 0.15) is 12.3 Å². The van der Waals surface area contributed by atoms with Crippen molar-refractivity contribution in [3.8, 4) is 5.75 Å². The molecule has 9 heteroatoms. The highest BCUT2D eigenvalue weighted by molar-refractivity contribution is 6.09. The predicted octanol–water partition coefficient (Wildman–Crippen LogP) is 0.0749. The van der Waals surface area contributed by atoms with Crippen LogP contribution in [0.15, 0.2) is 24.3 Å². The second-order valence-electron chi connectivity index (χ2n) is 6.26. The quantitative estimate of drug-likeness (QED) is 0.600. The van der Waals surface area contributed by atoms with Crippen molar-refractivity contribution < 1.29 is 33.4 Å². The molecule has 2 atom stereocenters. The highest BCUT2D eigenvalue weighted by Gasteiger charge is 2.55. The van der Waals surface area contributed by atoms with Crippen LogP contribution in [0.4, 0.5) is 4.79 Å². The zero-order chi connectivity index (χ0) is 18.3. The minimum Gasteiger partial charge on any atom is -0.493 e. The Balaban J connectivity index is 1.53. The smallest absolute Gasteiger partial charge is 0.347 e. The molecule has 1 aromatic carbocycles. The van der Waals surface area contributed by atoms with E-state index in [1.165, 1.54) is 0 Å². The summed E-state index contributed by atoms with van der Waals surface area (Å²) in [5, 5.41) is 2.69. The zero-order valence-corrected chi connectivity index (χ0v) is 13.7. The van der Waals surface area contributed by atoms with Gasteiger partial charge in [-0.3, -0.25) is 14.5 Å². The Bertz CT molecular complexity index is 808. The number of nitrogens with zero attached hydrogens (tertiary/aromatic N) is 1. The number of cyclic esters (lactones) is 1. The molecule has 2 fully saturated rings. The summed E-state index contributed by atoms with van der Waals surface area (Å²) < 4.78 is 15.3. The first-order chi connectivity index (χ1) is 12.5. The summed E-state index contributed by atoms with van der Waals surface area (Å²) in [6, 6.07) is 6.27. The topological polar surface area (TPSA) is 111 Å². The van der Waals surface area contributed by atoms with Gasteiger partial charge in [-0.2, -0.15) is 0 Å². The average molecular weight is 360 g/mol. The van der Waals surface area contributed by atoms with Crippen LogP contribution in [0.25, 0.3) is 0 Å². The Morgan fingerprint density at radius 3 is 2.81 bits per heavy atom. The van der Waals surface area contributed by atoms with E-state index in [0.29, 0.717) is 11.3 Å². The normalized spacial score (nSPS) is 27.0. The molecular formula is C17H16N2O7. The molecule has 0 bridgehead atoms. The van der Waals surface area contributed by atoms with E-state index < -0.39 is 42.1 Å². The lowest BCUT2D eigenvalue weighted by atomic mass is 9.84. The van der Waals surface area contributed by atoms with Gasteiger partial charge in [0.05, 0.1) is 13.2 Å². The number of carbonyl (C=O) groups excluding carboxylic acids is 4. The molecule has 2 saturated heterocycles. The molecule has 1 spiro atoms. The Kier molecular flexibility index (Phi) is 3.78. The second kappa shape index (κ2) is 6.01. The number of hydrogen-bond acceptors (Lipinski definition) is 7. The van der Waals surface area contributed by atoms with E-state index in [9.17, 15) is 19.2 Å². The lowest BCUT2D eigenvalue weighted by molar-refractivity contribution is -0.161. The minimum absolute atomic E-state index is 0.180. The highest BCUT2D eigenvalue weighted by Crippen LogP contribution is 2.40. The van der Waals surface area contributed by atoms with Crippen LogP contribution in [-0.4, -0.2) is 54.6 Å². The number of para-hydroxylation sites is 1. The van der Waals surface area contributed by atoms with Crippen LogP contribution in [0, 0.1) is 0 Å². The summed E-state index contributed by atoms with van der Waals surface area (Å²) in [7, 11) is 0. The second-order valence-corrected chi connectivity index (χ2v) is 6.26. The summed E-state index contributed by atoms with van der Waals surface area (Å²) in [5.41, 5.74) is -0.696. The maximum Gasteiger partial charge on any atom is 0.347 e. The van der Waals surface area contributed by atoms with Crippen molar-refractivity contribution in [1.29, 1.82) is 0 Å². The lowest BCUT2D eigenvalue weighted by Gasteiger charge is -2.33. The molecule has 0 aliphatic carbocycles. The molecule has 3 aliphatic rings. The first-order valence-electron chi connectivity index (χ1n) is 8.24. The summed E-state index contributed by atoms with van der Waals surface area (Å²) in [6.07, 6.45) is -0.463. The van der Waals surface area contributed by atoms with Crippen LogP contribution >= 0.6 is 0 Å². The minimum atomic E-state index is -1.25. The number of rotatable bonds is 3. The SMILES string of the molecule is O=C(CN1C(=O)N[C@@]2(CCOc3ccccc32)C1=O)O[C@H]1CCOC1=O. The first kappa shape index (κ1) is 16.4. The molecule has 3 amide bonds. The number of nitrogens with one attached hydrogen (secondary N) is 1. The highest BCUT2D eigenvalue weighted by atomic mass is 16.6. The Morgan fingerprint density at radius 2 is 2.04 bits per heavy atom. The maximum absolute atomic E-state index is 13.0. The van der Waals surface area contributed by atoms with Gasteiger partial charge in [-0.1, -0.05) is 18.2 Å². The number of amides is 3. The lowest BCUT2D eigenvalue weighted by Crippen LogP contribution is -2.47. The van der Waals surface area contributed by atoms with Crippen molar-refractivity contribution in [3.05, 3.63) is 29.8 Å². The number of carbonyl (C=O) groups is 4. The van der Waals surface area contributed by atoms with Crippen LogP contribution in [0.5, 0.6) is 5.75 Å². The number of fused-ring (bicyclic) bond motifs is 2. The Labute approximate surface area is 148 Å². The van der Waals surface area contributed by atoms with E-state index in [0.717, 1.165) is 4.90 Å². The van der Waals surface area contributed by atoms with Gasteiger partial charge in [-0.25, -0.2) is 9.59 Å². The van der Waals surface area contributed by atoms with Gasteiger partial charge in [0.2, 0.25) is 6.10 Å². The van der Waals surface area contributed by atoms with Crippen molar-refractivity contribution in [3.63, 3.8) is 0 Å². The molecule has 1 aromatic rings. The predicted molar refractivity (Wildman–Crippen MR) is 83.9 cm³/mol. The molecule has 1 N–H and O–H groups in total. The van der Waals surface area contributed by atoms with Gasteiger partial charge in [-0.05, 0) is 6.07 Å². The molecule has 136 valence electrons. The van der Waals surface area contributed by atoms with Gasteiger partial charge < -0.3 is 19.5 Å². The number of benzene rings is 1. The third-order valence-electron chi connectivity index (χ3n) is 4.71. The van der Waals surface area contributed by atoms with Crippen molar-refractivity contribution in [2.75, 3.05) is 19.8 Å². The first-order valence-corrected chi connectivity index (χ1v) is 8.24. The van der Waals surface area contributed by atoms with Gasteiger partial charge in [0.25, 0.3) is 5.91 Å².